The molecule has 1 aromatic carbocycles. The lowest BCUT2D eigenvalue weighted by Crippen LogP contribution is -2.17. The van der Waals surface area contributed by atoms with Crippen LogP contribution < -0.4 is 5.32 Å². The van der Waals surface area contributed by atoms with Crippen molar-refractivity contribution in [2.24, 2.45) is 0 Å². The summed E-state index contributed by atoms with van der Waals surface area (Å²) in [5.41, 5.74) is 2.31. The highest BCUT2D eigenvalue weighted by atomic mass is 79.9. The van der Waals surface area contributed by atoms with Crippen LogP contribution in [0.5, 0.6) is 0 Å². The molecule has 1 atom stereocenters. The number of halogens is 2. The van der Waals surface area contributed by atoms with Crippen molar-refractivity contribution in [2.75, 3.05) is 7.05 Å². The van der Waals surface area contributed by atoms with E-state index in [2.05, 4.69) is 49.3 Å². The number of furan rings is 1. The maximum Gasteiger partial charge on any atom is 0.101 e. The highest BCUT2D eigenvalue weighted by Gasteiger charge is 2.17. The Morgan fingerprint density at radius 3 is 2.59 bits per heavy atom. The summed E-state index contributed by atoms with van der Waals surface area (Å²) < 4.78 is 7.52. The zero-order chi connectivity index (χ0) is 12.4. The minimum Gasteiger partial charge on any atom is -0.469 e. The lowest BCUT2D eigenvalue weighted by molar-refractivity contribution is 0.527. The van der Waals surface area contributed by atoms with Crippen molar-refractivity contribution < 1.29 is 4.42 Å². The quantitative estimate of drug-likeness (QED) is 0.878. The van der Waals surface area contributed by atoms with Crippen LogP contribution in [0.2, 0.25) is 0 Å². The second-order valence-electron chi connectivity index (χ2n) is 3.88. The molecule has 17 heavy (non-hydrogen) atoms. The minimum atomic E-state index is 0.124. The second kappa shape index (κ2) is 5.38. The molecule has 1 unspecified atom stereocenters. The molecule has 1 N–H and O–H groups in total. The van der Waals surface area contributed by atoms with E-state index in [4.69, 9.17) is 4.42 Å². The fourth-order valence-corrected chi connectivity index (χ4v) is 2.71. The van der Waals surface area contributed by atoms with Gasteiger partial charge in [0, 0.05) is 14.5 Å². The molecule has 0 fully saturated rings. The molecule has 0 saturated carbocycles. The summed E-state index contributed by atoms with van der Waals surface area (Å²) in [5, 5.41) is 3.31. The molecule has 0 radical (unpaired) electrons. The van der Waals surface area contributed by atoms with Gasteiger partial charge in [0.1, 0.15) is 5.76 Å². The van der Waals surface area contributed by atoms with E-state index in [0.29, 0.717) is 0 Å². The van der Waals surface area contributed by atoms with Crippen molar-refractivity contribution >= 4 is 31.9 Å². The molecule has 0 aliphatic rings. The molecule has 0 aliphatic carbocycles. The van der Waals surface area contributed by atoms with E-state index in [0.717, 1.165) is 20.3 Å². The molecule has 0 bridgehead atoms. The highest BCUT2D eigenvalue weighted by molar-refractivity contribution is 9.11. The van der Waals surface area contributed by atoms with Crippen molar-refractivity contribution in [2.45, 2.75) is 13.0 Å². The Labute approximate surface area is 118 Å². The van der Waals surface area contributed by atoms with E-state index in [9.17, 15) is 0 Å². The van der Waals surface area contributed by atoms with Gasteiger partial charge in [-0.3, -0.25) is 0 Å². The molecule has 0 amide bonds. The average Bonchev–Trinajstić information content (AvgIpc) is 2.71. The van der Waals surface area contributed by atoms with Gasteiger partial charge in [0.05, 0.1) is 12.3 Å². The van der Waals surface area contributed by atoms with E-state index in [1.807, 2.05) is 26.1 Å². The Morgan fingerprint density at radius 2 is 2.00 bits per heavy atom. The summed E-state index contributed by atoms with van der Waals surface area (Å²) >= 11 is 7.08. The second-order valence-corrected chi connectivity index (χ2v) is 5.65. The van der Waals surface area contributed by atoms with Gasteiger partial charge in [-0.15, -0.1) is 0 Å². The van der Waals surface area contributed by atoms with E-state index in [1.54, 1.807) is 6.26 Å². The van der Waals surface area contributed by atoms with Gasteiger partial charge in [0.15, 0.2) is 0 Å². The standard InChI is InChI=1S/C13H13Br2NO/c1-8-5-9(7-17-8)13(16-2)11-6-10(14)3-4-12(11)15/h3-7,13,16H,1-2H3. The van der Waals surface area contributed by atoms with Crippen molar-refractivity contribution in [3.05, 3.63) is 56.4 Å². The summed E-state index contributed by atoms with van der Waals surface area (Å²) in [5.74, 6) is 0.923. The third kappa shape index (κ3) is 2.81. The van der Waals surface area contributed by atoms with Gasteiger partial charge in [-0.25, -0.2) is 0 Å². The van der Waals surface area contributed by atoms with Crippen LogP contribution in [0.25, 0.3) is 0 Å². The highest BCUT2D eigenvalue weighted by Crippen LogP contribution is 2.31. The predicted octanol–water partition coefficient (Wildman–Crippen LogP) is 4.42. The summed E-state index contributed by atoms with van der Waals surface area (Å²) in [4.78, 5) is 0. The fourth-order valence-electron chi connectivity index (χ4n) is 1.85. The van der Waals surface area contributed by atoms with Crippen molar-refractivity contribution in [1.82, 2.24) is 5.32 Å². The Hall–Kier alpha value is -0.580. The zero-order valence-corrected chi connectivity index (χ0v) is 12.8. The van der Waals surface area contributed by atoms with Gasteiger partial charge in [-0.1, -0.05) is 31.9 Å². The number of hydrogen-bond acceptors (Lipinski definition) is 2. The van der Waals surface area contributed by atoms with Crippen molar-refractivity contribution in [3.63, 3.8) is 0 Å². The molecule has 0 saturated heterocycles. The third-order valence-electron chi connectivity index (χ3n) is 2.64. The van der Waals surface area contributed by atoms with Crippen LogP contribution in [0.3, 0.4) is 0 Å². The maximum atomic E-state index is 5.37. The number of benzene rings is 1. The lowest BCUT2D eigenvalue weighted by Gasteiger charge is -2.17. The average molecular weight is 359 g/mol. The van der Waals surface area contributed by atoms with Crippen LogP contribution in [0.15, 0.2) is 43.9 Å². The Morgan fingerprint density at radius 1 is 1.24 bits per heavy atom. The van der Waals surface area contributed by atoms with Gasteiger partial charge >= 0.3 is 0 Å². The van der Waals surface area contributed by atoms with Gasteiger partial charge in [0.25, 0.3) is 0 Å². The molecule has 4 heteroatoms. The van der Waals surface area contributed by atoms with Crippen LogP contribution in [0.4, 0.5) is 0 Å². The first-order chi connectivity index (χ1) is 8.11. The molecule has 0 aliphatic heterocycles. The molecule has 2 rings (SSSR count). The van der Waals surface area contributed by atoms with Crippen LogP contribution in [0.1, 0.15) is 22.9 Å². The summed E-state index contributed by atoms with van der Waals surface area (Å²) in [6, 6.07) is 8.33. The van der Waals surface area contributed by atoms with E-state index < -0.39 is 0 Å². The SMILES string of the molecule is CNC(c1coc(C)c1)c1cc(Br)ccc1Br. The summed E-state index contributed by atoms with van der Waals surface area (Å²) in [6.45, 7) is 1.95. The smallest absolute Gasteiger partial charge is 0.101 e. The predicted molar refractivity (Wildman–Crippen MR) is 76.2 cm³/mol. The monoisotopic (exact) mass is 357 g/mol. The zero-order valence-electron chi connectivity index (χ0n) is 9.63. The van der Waals surface area contributed by atoms with Gasteiger partial charge < -0.3 is 9.73 Å². The van der Waals surface area contributed by atoms with Crippen molar-refractivity contribution in [1.29, 1.82) is 0 Å². The van der Waals surface area contributed by atoms with Crippen LogP contribution in [-0.2, 0) is 0 Å². The molecule has 2 aromatic rings. The molecule has 1 aromatic heterocycles. The van der Waals surface area contributed by atoms with Gasteiger partial charge in [-0.05, 0) is 43.8 Å². The fraction of sp³-hybridized carbons (Fsp3) is 0.231. The lowest BCUT2D eigenvalue weighted by atomic mass is 10.0. The van der Waals surface area contributed by atoms with Gasteiger partial charge in [-0.2, -0.15) is 0 Å². The Kier molecular flexibility index (Phi) is 4.07. The Bertz CT molecular complexity index is 522. The van der Waals surface area contributed by atoms with Crippen molar-refractivity contribution in [3.8, 4) is 0 Å². The first-order valence-electron chi connectivity index (χ1n) is 5.29. The number of aryl methyl sites for hydroxylation is 1. The van der Waals surface area contributed by atoms with E-state index >= 15 is 0 Å². The van der Waals surface area contributed by atoms with Crippen LogP contribution >= 0.6 is 31.9 Å². The van der Waals surface area contributed by atoms with Gasteiger partial charge in [0.2, 0.25) is 0 Å². The molecule has 90 valence electrons. The molecular weight excluding hydrogens is 346 g/mol. The van der Waals surface area contributed by atoms with Crippen LogP contribution in [0, 0.1) is 6.92 Å². The minimum absolute atomic E-state index is 0.124. The number of hydrogen-bond donors (Lipinski definition) is 1. The number of nitrogens with one attached hydrogen (secondary N) is 1. The normalized spacial score (nSPS) is 12.7. The largest absolute Gasteiger partial charge is 0.469 e. The first kappa shape index (κ1) is 12.9. The molecule has 2 nitrogen and oxygen atoms in total. The van der Waals surface area contributed by atoms with E-state index in [-0.39, 0.29) is 6.04 Å². The summed E-state index contributed by atoms with van der Waals surface area (Å²) in [7, 11) is 1.94. The maximum absolute atomic E-state index is 5.37. The van der Waals surface area contributed by atoms with E-state index in [1.165, 1.54) is 5.56 Å². The Balaban J connectivity index is 2.45. The topological polar surface area (TPSA) is 25.2 Å². The third-order valence-corrected chi connectivity index (χ3v) is 3.86. The molecular formula is C13H13Br2NO. The number of rotatable bonds is 3. The van der Waals surface area contributed by atoms with Crippen LogP contribution in [-0.4, -0.2) is 7.05 Å². The molecule has 1 heterocycles. The summed E-state index contributed by atoms with van der Waals surface area (Å²) in [6.07, 6.45) is 1.80. The molecule has 0 spiro atoms. The first-order valence-corrected chi connectivity index (χ1v) is 6.87.